The van der Waals surface area contributed by atoms with Gasteiger partial charge in [-0.25, -0.2) is 0 Å². The summed E-state index contributed by atoms with van der Waals surface area (Å²) in [6.45, 7) is 0.443. The zero-order valence-corrected chi connectivity index (χ0v) is 12.6. The van der Waals surface area contributed by atoms with E-state index in [1.54, 1.807) is 25.3 Å². The van der Waals surface area contributed by atoms with Gasteiger partial charge in [0, 0.05) is 16.7 Å². The molecule has 0 fully saturated rings. The van der Waals surface area contributed by atoms with Crippen molar-refractivity contribution in [3.63, 3.8) is 0 Å². The summed E-state index contributed by atoms with van der Waals surface area (Å²) in [4.78, 5) is 12.0. The van der Waals surface area contributed by atoms with Gasteiger partial charge in [-0.3, -0.25) is 4.79 Å². The normalized spacial score (nSPS) is 10.1. The molecule has 4 nitrogen and oxygen atoms in total. The van der Waals surface area contributed by atoms with E-state index in [2.05, 4.69) is 21.2 Å². The largest absolute Gasteiger partial charge is 0.497 e. The van der Waals surface area contributed by atoms with Gasteiger partial charge in [-0.15, -0.1) is 0 Å². The van der Waals surface area contributed by atoms with Gasteiger partial charge in [0.05, 0.1) is 12.7 Å². The van der Waals surface area contributed by atoms with Gasteiger partial charge in [-0.2, -0.15) is 0 Å². The maximum Gasteiger partial charge on any atom is 0.253 e. The van der Waals surface area contributed by atoms with E-state index in [1.807, 2.05) is 24.3 Å². The number of nitrogens with one attached hydrogen (secondary N) is 1. The number of methoxy groups -OCH3 is 1. The van der Waals surface area contributed by atoms with E-state index in [0.29, 0.717) is 17.8 Å². The van der Waals surface area contributed by atoms with E-state index < -0.39 is 0 Å². The fourth-order valence-corrected chi connectivity index (χ4v) is 2.14. The van der Waals surface area contributed by atoms with Gasteiger partial charge in [0.25, 0.3) is 5.91 Å². The summed E-state index contributed by atoms with van der Waals surface area (Å²) in [6.07, 6.45) is 0. The molecule has 2 aromatic rings. The Morgan fingerprint density at radius 1 is 1.25 bits per heavy atom. The van der Waals surface area contributed by atoms with Crippen LogP contribution in [-0.4, -0.2) is 13.0 Å². The molecular weight excluding hydrogens is 320 g/mol. The third-order valence-electron chi connectivity index (χ3n) is 2.87. The van der Waals surface area contributed by atoms with Crippen LogP contribution < -0.4 is 15.8 Å². The van der Waals surface area contributed by atoms with Crippen molar-refractivity contribution in [3.8, 4) is 5.75 Å². The lowest BCUT2D eigenvalue weighted by atomic mass is 10.1. The van der Waals surface area contributed by atoms with Crippen LogP contribution in [0.2, 0.25) is 0 Å². The molecule has 5 heteroatoms. The first-order valence-corrected chi connectivity index (χ1v) is 6.85. The molecule has 0 saturated carbocycles. The molecule has 2 aromatic carbocycles. The van der Waals surface area contributed by atoms with Crippen molar-refractivity contribution in [1.82, 2.24) is 5.32 Å². The molecule has 3 N–H and O–H groups in total. The lowest BCUT2D eigenvalue weighted by Gasteiger charge is -2.08. The SMILES string of the molecule is COc1ccc(CNC(=O)c2ccc(Br)cc2N)cc1. The van der Waals surface area contributed by atoms with Crippen LogP contribution in [0, 0.1) is 0 Å². The number of anilines is 1. The van der Waals surface area contributed by atoms with E-state index >= 15 is 0 Å². The summed E-state index contributed by atoms with van der Waals surface area (Å²) in [5.74, 6) is 0.600. The Morgan fingerprint density at radius 2 is 1.95 bits per heavy atom. The molecule has 0 atom stereocenters. The number of halogens is 1. The molecule has 0 unspecified atom stereocenters. The summed E-state index contributed by atoms with van der Waals surface area (Å²) < 4.78 is 5.93. The van der Waals surface area contributed by atoms with Crippen LogP contribution in [0.5, 0.6) is 5.75 Å². The molecule has 2 rings (SSSR count). The number of carbonyl (C=O) groups excluding carboxylic acids is 1. The highest BCUT2D eigenvalue weighted by molar-refractivity contribution is 9.10. The first-order chi connectivity index (χ1) is 9.60. The number of rotatable bonds is 4. The van der Waals surface area contributed by atoms with Gasteiger partial charge in [0.1, 0.15) is 5.75 Å². The van der Waals surface area contributed by atoms with E-state index in [-0.39, 0.29) is 5.91 Å². The lowest BCUT2D eigenvalue weighted by Crippen LogP contribution is -2.23. The Morgan fingerprint density at radius 3 is 2.55 bits per heavy atom. The minimum Gasteiger partial charge on any atom is -0.497 e. The van der Waals surface area contributed by atoms with Crippen LogP contribution in [0.25, 0.3) is 0 Å². The summed E-state index contributed by atoms with van der Waals surface area (Å²) in [6, 6.07) is 12.7. The second-order valence-electron chi connectivity index (χ2n) is 4.26. The first kappa shape index (κ1) is 14.4. The molecule has 1 amide bonds. The van der Waals surface area contributed by atoms with Crippen molar-refractivity contribution in [2.75, 3.05) is 12.8 Å². The van der Waals surface area contributed by atoms with Crippen molar-refractivity contribution in [2.24, 2.45) is 0 Å². The number of nitrogen functional groups attached to an aromatic ring is 1. The van der Waals surface area contributed by atoms with E-state index in [4.69, 9.17) is 10.5 Å². The van der Waals surface area contributed by atoms with Crippen LogP contribution in [0.3, 0.4) is 0 Å². The van der Waals surface area contributed by atoms with Gasteiger partial charge in [-0.1, -0.05) is 28.1 Å². The smallest absolute Gasteiger partial charge is 0.253 e. The fourth-order valence-electron chi connectivity index (χ4n) is 1.76. The van der Waals surface area contributed by atoms with Crippen LogP contribution in [0.1, 0.15) is 15.9 Å². The standard InChI is InChI=1S/C15H15BrN2O2/c1-20-12-5-2-10(3-6-12)9-18-15(19)13-7-4-11(16)8-14(13)17/h2-8H,9,17H2,1H3,(H,18,19). The minimum absolute atomic E-state index is 0.189. The van der Waals surface area contributed by atoms with Gasteiger partial charge in [-0.05, 0) is 35.9 Å². The van der Waals surface area contributed by atoms with Gasteiger partial charge in [0.2, 0.25) is 0 Å². The zero-order chi connectivity index (χ0) is 14.5. The Hall–Kier alpha value is -2.01. The fraction of sp³-hybridized carbons (Fsp3) is 0.133. The van der Waals surface area contributed by atoms with Crippen LogP contribution in [0.15, 0.2) is 46.9 Å². The van der Waals surface area contributed by atoms with E-state index in [1.165, 1.54) is 0 Å². The van der Waals surface area contributed by atoms with Gasteiger partial charge < -0.3 is 15.8 Å². The third kappa shape index (κ3) is 3.51. The van der Waals surface area contributed by atoms with E-state index in [9.17, 15) is 4.79 Å². The molecule has 0 bridgehead atoms. The van der Waals surface area contributed by atoms with Crippen LogP contribution in [0.4, 0.5) is 5.69 Å². The summed E-state index contributed by atoms with van der Waals surface area (Å²) >= 11 is 3.31. The lowest BCUT2D eigenvalue weighted by molar-refractivity contribution is 0.0952. The average Bonchev–Trinajstić information content (AvgIpc) is 2.45. The molecular formula is C15H15BrN2O2. The quantitative estimate of drug-likeness (QED) is 0.845. The number of carbonyl (C=O) groups is 1. The topological polar surface area (TPSA) is 64.3 Å². The highest BCUT2D eigenvalue weighted by Gasteiger charge is 2.09. The number of ether oxygens (including phenoxy) is 1. The summed E-state index contributed by atoms with van der Waals surface area (Å²) in [5, 5.41) is 2.84. The molecule has 0 radical (unpaired) electrons. The number of hydrogen-bond donors (Lipinski definition) is 2. The molecule has 0 aliphatic rings. The Bertz CT molecular complexity index is 612. The maximum atomic E-state index is 12.0. The Labute approximate surface area is 126 Å². The third-order valence-corrected chi connectivity index (χ3v) is 3.36. The second-order valence-corrected chi connectivity index (χ2v) is 5.18. The highest BCUT2D eigenvalue weighted by Crippen LogP contribution is 2.18. The van der Waals surface area contributed by atoms with Crippen molar-refractivity contribution in [2.45, 2.75) is 6.54 Å². The molecule has 0 saturated heterocycles. The molecule has 20 heavy (non-hydrogen) atoms. The molecule has 0 spiro atoms. The van der Waals surface area contributed by atoms with E-state index in [0.717, 1.165) is 15.8 Å². The average molecular weight is 335 g/mol. The van der Waals surface area contributed by atoms with Gasteiger partial charge in [0.15, 0.2) is 0 Å². The molecule has 0 aliphatic carbocycles. The predicted octanol–water partition coefficient (Wildman–Crippen LogP) is 2.97. The van der Waals surface area contributed by atoms with Gasteiger partial charge >= 0.3 is 0 Å². The maximum absolute atomic E-state index is 12.0. The highest BCUT2D eigenvalue weighted by atomic mass is 79.9. The summed E-state index contributed by atoms with van der Waals surface area (Å²) in [7, 11) is 1.62. The number of amides is 1. The van der Waals surface area contributed by atoms with Crippen molar-refractivity contribution >= 4 is 27.5 Å². The van der Waals surface area contributed by atoms with Crippen LogP contribution in [-0.2, 0) is 6.54 Å². The number of benzene rings is 2. The Kier molecular flexibility index (Phi) is 4.63. The number of hydrogen-bond acceptors (Lipinski definition) is 3. The minimum atomic E-state index is -0.189. The van der Waals surface area contributed by atoms with Crippen molar-refractivity contribution in [3.05, 3.63) is 58.1 Å². The summed E-state index contributed by atoms with van der Waals surface area (Å²) in [5.41, 5.74) is 7.74. The second kappa shape index (κ2) is 6.43. The predicted molar refractivity (Wildman–Crippen MR) is 82.7 cm³/mol. The molecule has 0 heterocycles. The molecule has 104 valence electrons. The first-order valence-electron chi connectivity index (χ1n) is 6.06. The number of nitrogens with two attached hydrogens (primary N) is 1. The van der Waals surface area contributed by atoms with Crippen molar-refractivity contribution < 1.29 is 9.53 Å². The monoisotopic (exact) mass is 334 g/mol. The molecule has 0 aromatic heterocycles. The zero-order valence-electron chi connectivity index (χ0n) is 11.0. The molecule has 0 aliphatic heterocycles. The Balaban J connectivity index is 2.00. The van der Waals surface area contributed by atoms with Crippen molar-refractivity contribution in [1.29, 1.82) is 0 Å². The van der Waals surface area contributed by atoms with Crippen LogP contribution >= 0.6 is 15.9 Å².